The Morgan fingerprint density at radius 1 is 1.32 bits per heavy atom. The van der Waals surface area contributed by atoms with Crippen LogP contribution >= 0.6 is 12.2 Å². The van der Waals surface area contributed by atoms with Crippen molar-refractivity contribution in [3.8, 4) is 0 Å². The molecular formula is C15H21FN2S. The van der Waals surface area contributed by atoms with E-state index in [1.807, 2.05) is 13.0 Å². The molecule has 2 N–H and O–H groups in total. The molecule has 0 aromatic heterocycles. The Labute approximate surface area is 119 Å². The van der Waals surface area contributed by atoms with Gasteiger partial charge in [0.15, 0.2) is 5.11 Å². The molecule has 1 aromatic rings. The highest BCUT2D eigenvalue weighted by Crippen LogP contribution is 2.24. The molecule has 0 amide bonds. The van der Waals surface area contributed by atoms with E-state index in [0.717, 1.165) is 12.0 Å². The third-order valence-electron chi connectivity index (χ3n) is 3.80. The van der Waals surface area contributed by atoms with Gasteiger partial charge >= 0.3 is 0 Å². The van der Waals surface area contributed by atoms with Crippen molar-refractivity contribution >= 4 is 23.0 Å². The van der Waals surface area contributed by atoms with Gasteiger partial charge in [-0.1, -0.05) is 25.8 Å². The molecule has 0 aliphatic heterocycles. The minimum Gasteiger partial charge on any atom is -0.359 e. The van der Waals surface area contributed by atoms with E-state index in [2.05, 4.69) is 17.6 Å². The van der Waals surface area contributed by atoms with Crippen LogP contribution in [-0.2, 0) is 0 Å². The maximum Gasteiger partial charge on any atom is 0.171 e. The summed E-state index contributed by atoms with van der Waals surface area (Å²) in [6, 6.07) is 5.51. The summed E-state index contributed by atoms with van der Waals surface area (Å²) in [5, 5.41) is 6.78. The summed E-state index contributed by atoms with van der Waals surface area (Å²) >= 11 is 5.27. The van der Waals surface area contributed by atoms with Gasteiger partial charge in [0.05, 0.1) is 5.69 Å². The van der Waals surface area contributed by atoms with E-state index < -0.39 is 0 Å². The number of hydrogen-bond acceptors (Lipinski definition) is 1. The van der Waals surface area contributed by atoms with Crippen molar-refractivity contribution in [3.05, 3.63) is 29.6 Å². The Morgan fingerprint density at radius 2 is 2.05 bits per heavy atom. The van der Waals surface area contributed by atoms with Crippen LogP contribution in [0.3, 0.4) is 0 Å². The second-order valence-corrected chi connectivity index (χ2v) is 5.86. The highest BCUT2D eigenvalue weighted by atomic mass is 32.1. The molecule has 0 unspecified atom stereocenters. The summed E-state index contributed by atoms with van der Waals surface area (Å²) in [6.07, 6.45) is 4.91. The number of nitrogens with one attached hydrogen (secondary N) is 2. The van der Waals surface area contributed by atoms with Crippen LogP contribution in [0, 0.1) is 18.7 Å². The van der Waals surface area contributed by atoms with Crippen LogP contribution in [0.15, 0.2) is 18.2 Å². The summed E-state index contributed by atoms with van der Waals surface area (Å²) in [7, 11) is 0. The number of benzene rings is 1. The molecule has 1 aromatic carbocycles. The molecule has 2 nitrogen and oxygen atoms in total. The molecular weight excluding hydrogens is 259 g/mol. The highest BCUT2D eigenvalue weighted by Gasteiger charge is 2.21. The van der Waals surface area contributed by atoms with E-state index in [1.165, 1.54) is 25.3 Å². The lowest BCUT2D eigenvalue weighted by molar-refractivity contribution is 0.309. The minimum atomic E-state index is -0.263. The second kappa shape index (κ2) is 6.33. The van der Waals surface area contributed by atoms with Gasteiger partial charge in [0, 0.05) is 6.04 Å². The first kappa shape index (κ1) is 14.3. The smallest absolute Gasteiger partial charge is 0.171 e. The SMILES string of the molecule is Cc1ccc(NC(=S)N[C@H]2CCCC[C@H]2C)c(F)c1. The lowest BCUT2D eigenvalue weighted by Gasteiger charge is -2.30. The Bertz CT molecular complexity index is 461. The molecule has 104 valence electrons. The van der Waals surface area contributed by atoms with Crippen molar-refractivity contribution in [1.29, 1.82) is 0 Å². The van der Waals surface area contributed by atoms with Gasteiger partial charge in [-0.15, -0.1) is 0 Å². The van der Waals surface area contributed by atoms with Gasteiger partial charge in [0.25, 0.3) is 0 Å². The topological polar surface area (TPSA) is 24.1 Å². The highest BCUT2D eigenvalue weighted by molar-refractivity contribution is 7.80. The van der Waals surface area contributed by atoms with E-state index in [0.29, 0.717) is 22.8 Å². The molecule has 2 atom stereocenters. The lowest BCUT2D eigenvalue weighted by atomic mass is 9.86. The van der Waals surface area contributed by atoms with Crippen molar-refractivity contribution in [2.45, 2.75) is 45.6 Å². The quantitative estimate of drug-likeness (QED) is 0.801. The first-order valence-electron chi connectivity index (χ1n) is 6.90. The fourth-order valence-electron chi connectivity index (χ4n) is 2.58. The predicted molar refractivity (Wildman–Crippen MR) is 81.9 cm³/mol. The summed E-state index contributed by atoms with van der Waals surface area (Å²) in [6.45, 7) is 4.11. The molecule has 4 heteroatoms. The average molecular weight is 280 g/mol. The molecule has 1 aliphatic rings. The Hall–Kier alpha value is -1.16. The zero-order valence-corrected chi connectivity index (χ0v) is 12.3. The molecule has 19 heavy (non-hydrogen) atoms. The zero-order valence-electron chi connectivity index (χ0n) is 11.5. The van der Waals surface area contributed by atoms with Gasteiger partial charge in [-0.2, -0.15) is 0 Å². The zero-order chi connectivity index (χ0) is 13.8. The molecule has 0 heterocycles. The first-order valence-corrected chi connectivity index (χ1v) is 7.31. The Kier molecular flexibility index (Phi) is 4.75. The van der Waals surface area contributed by atoms with E-state index >= 15 is 0 Å². The van der Waals surface area contributed by atoms with Crippen molar-refractivity contribution in [1.82, 2.24) is 5.32 Å². The van der Waals surface area contributed by atoms with Gasteiger partial charge in [-0.25, -0.2) is 4.39 Å². The maximum absolute atomic E-state index is 13.7. The van der Waals surface area contributed by atoms with E-state index in [9.17, 15) is 4.39 Å². The molecule has 1 aliphatic carbocycles. The molecule has 0 saturated heterocycles. The summed E-state index contributed by atoms with van der Waals surface area (Å²) in [5.74, 6) is 0.359. The van der Waals surface area contributed by atoms with E-state index in [1.54, 1.807) is 6.07 Å². The largest absolute Gasteiger partial charge is 0.359 e. The lowest BCUT2D eigenvalue weighted by Crippen LogP contribution is -2.43. The van der Waals surface area contributed by atoms with Crippen LogP contribution in [-0.4, -0.2) is 11.2 Å². The van der Waals surface area contributed by atoms with Crippen LogP contribution < -0.4 is 10.6 Å². The average Bonchev–Trinajstić information content (AvgIpc) is 2.36. The fourth-order valence-corrected chi connectivity index (χ4v) is 2.84. The predicted octanol–water partition coefficient (Wildman–Crippen LogP) is 4.00. The normalized spacial score (nSPS) is 22.9. The summed E-state index contributed by atoms with van der Waals surface area (Å²) in [5.41, 5.74) is 1.34. The number of aryl methyl sites for hydroxylation is 1. The monoisotopic (exact) mass is 280 g/mol. The molecule has 2 rings (SSSR count). The Morgan fingerprint density at radius 3 is 2.74 bits per heavy atom. The maximum atomic E-state index is 13.7. The van der Waals surface area contributed by atoms with Gasteiger partial charge in [0.2, 0.25) is 0 Å². The third kappa shape index (κ3) is 3.90. The number of anilines is 1. The van der Waals surface area contributed by atoms with Crippen molar-refractivity contribution in [2.75, 3.05) is 5.32 Å². The van der Waals surface area contributed by atoms with Crippen molar-refractivity contribution in [2.24, 2.45) is 5.92 Å². The second-order valence-electron chi connectivity index (χ2n) is 5.45. The number of rotatable bonds is 2. The van der Waals surface area contributed by atoms with Gasteiger partial charge < -0.3 is 10.6 Å². The molecule has 0 spiro atoms. The van der Waals surface area contributed by atoms with Gasteiger partial charge in [0.1, 0.15) is 5.82 Å². The van der Waals surface area contributed by atoms with Crippen LogP contribution in [0.5, 0.6) is 0 Å². The van der Waals surface area contributed by atoms with Crippen LogP contribution in [0.4, 0.5) is 10.1 Å². The van der Waals surface area contributed by atoms with Crippen molar-refractivity contribution in [3.63, 3.8) is 0 Å². The fraction of sp³-hybridized carbons (Fsp3) is 0.533. The van der Waals surface area contributed by atoms with Crippen LogP contribution in [0.2, 0.25) is 0 Å². The number of thiocarbonyl (C=S) groups is 1. The minimum absolute atomic E-state index is 0.263. The van der Waals surface area contributed by atoms with E-state index in [-0.39, 0.29) is 5.82 Å². The Balaban J connectivity index is 1.93. The van der Waals surface area contributed by atoms with Gasteiger partial charge in [-0.05, 0) is 55.6 Å². The number of hydrogen-bond donors (Lipinski definition) is 2. The third-order valence-corrected chi connectivity index (χ3v) is 4.02. The van der Waals surface area contributed by atoms with Crippen molar-refractivity contribution < 1.29 is 4.39 Å². The van der Waals surface area contributed by atoms with E-state index in [4.69, 9.17) is 12.2 Å². The first-order chi connectivity index (χ1) is 9.06. The molecule has 1 saturated carbocycles. The van der Waals surface area contributed by atoms with Crippen LogP contribution in [0.25, 0.3) is 0 Å². The molecule has 1 fully saturated rings. The van der Waals surface area contributed by atoms with Gasteiger partial charge in [-0.3, -0.25) is 0 Å². The summed E-state index contributed by atoms with van der Waals surface area (Å²) < 4.78 is 13.7. The molecule has 0 bridgehead atoms. The standard InChI is InChI=1S/C15H21FN2S/c1-10-7-8-14(12(16)9-10)18-15(19)17-13-6-4-3-5-11(13)2/h7-9,11,13H,3-6H2,1-2H3,(H2,17,18,19)/t11-,13+/m1/s1. The van der Waals surface area contributed by atoms with Crippen LogP contribution in [0.1, 0.15) is 38.2 Å². The molecule has 0 radical (unpaired) electrons. The summed E-state index contributed by atoms with van der Waals surface area (Å²) in [4.78, 5) is 0. The number of halogens is 1.